The lowest BCUT2D eigenvalue weighted by molar-refractivity contribution is 0.634. The molecule has 0 aliphatic heterocycles. The van der Waals surface area contributed by atoms with Crippen LogP contribution in [0.15, 0.2) is 41.3 Å². The predicted molar refractivity (Wildman–Crippen MR) is 75.3 cm³/mol. The van der Waals surface area contributed by atoms with E-state index in [4.69, 9.17) is 0 Å². The highest BCUT2D eigenvalue weighted by Crippen LogP contribution is 2.19. The topological polar surface area (TPSA) is 29.9 Å². The Hall–Kier alpha value is -1.13. The van der Waals surface area contributed by atoms with Crippen molar-refractivity contribution in [2.45, 2.75) is 32.0 Å². The first kappa shape index (κ1) is 11.9. The second-order valence-corrected chi connectivity index (χ2v) is 5.71. The van der Waals surface area contributed by atoms with Crippen LogP contribution in [0, 0.1) is 0 Å². The summed E-state index contributed by atoms with van der Waals surface area (Å²) in [6, 6.07) is 9.14. The molecule has 1 saturated carbocycles. The summed E-state index contributed by atoms with van der Waals surface area (Å²) in [7, 11) is 0. The molecule has 0 unspecified atom stereocenters. The van der Waals surface area contributed by atoms with Crippen molar-refractivity contribution in [3.05, 3.63) is 52.5 Å². The Labute approximate surface area is 115 Å². The van der Waals surface area contributed by atoms with Gasteiger partial charge in [0.25, 0.3) is 0 Å². The third-order valence-corrected chi connectivity index (χ3v) is 3.68. The number of benzene rings is 1. The van der Waals surface area contributed by atoms with Crippen LogP contribution in [0.4, 0.5) is 0 Å². The van der Waals surface area contributed by atoms with Crippen LogP contribution in [0.5, 0.6) is 0 Å². The van der Waals surface area contributed by atoms with Crippen LogP contribution in [-0.2, 0) is 13.1 Å². The number of hydrogen-bond donors (Lipinski definition) is 1. The third-order valence-electron chi connectivity index (χ3n) is 3.19. The molecule has 3 rings (SSSR count). The van der Waals surface area contributed by atoms with Gasteiger partial charge in [-0.25, -0.2) is 4.98 Å². The molecule has 1 N–H and O–H groups in total. The number of nitrogens with one attached hydrogen (secondary N) is 1. The minimum atomic E-state index is 0.735. The molecular weight excluding hydrogens is 290 g/mol. The van der Waals surface area contributed by atoms with E-state index in [1.165, 1.54) is 24.1 Å². The van der Waals surface area contributed by atoms with E-state index in [1.54, 1.807) is 0 Å². The molecule has 0 saturated heterocycles. The molecule has 0 atom stereocenters. The van der Waals surface area contributed by atoms with Crippen molar-refractivity contribution in [1.29, 1.82) is 0 Å². The number of aromatic nitrogens is 2. The number of hydrogen-bond acceptors (Lipinski definition) is 2. The van der Waals surface area contributed by atoms with Crippen LogP contribution in [0.25, 0.3) is 0 Å². The zero-order valence-electron chi connectivity index (χ0n) is 10.1. The lowest BCUT2D eigenvalue weighted by Gasteiger charge is -2.09. The zero-order chi connectivity index (χ0) is 12.4. The van der Waals surface area contributed by atoms with Gasteiger partial charge >= 0.3 is 0 Å². The van der Waals surface area contributed by atoms with E-state index in [0.29, 0.717) is 0 Å². The molecule has 0 bridgehead atoms. The first-order valence-electron chi connectivity index (χ1n) is 6.28. The van der Waals surface area contributed by atoms with Gasteiger partial charge in [0.2, 0.25) is 0 Å². The standard InChI is InChI=1S/C14H16BrN3/c15-12-3-1-2-11(6-12)9-18-10-16-7-14(18)8-17-13-4-5-13/h1-3,6-7,10,13,17H,4-5,8-9H2. The Bertz CT molecular complexity index is 531. The maximum Gasteiger partial charge on any atom is 0.0951 e. The van der Waals surface area contributed by atoms with Gasteiger partial charge in [-0.1, -0.05) is 28.1 Å². The van der Waals surface area contributed by atoms with Crippen LogP contribution in [0.3, 0.4) is 0 Å². The minimum absolute atomic E-state index is 0.735. The van der Waals surface area contributed by atoms with Crippen molar-refractivity contribution in [1.82, 2.24) is 14.9 Å². The number of nitrogens with zero attached hydrogens (tertiary/aromatic N) is 2. The van der Waals surface area contributed by atoms with Crippen LogP contribution in [0.1, 0.15) is 24.1 Å². The quantitative estimate of drug-likeness (QED) is 0.920. The first-order chi connectivity index (χ1) is 8.81. The van der Waals surface area contributed by atoms with E-state index in [9.17, 15) is 0 Å². The Morgan fingerprint density at radius 2 is 2.28 bits per heavy atom. The molecule has 0 amide bonds. The lowest BCUT2D eigenvalue weighted by Crippen LogP contribution is -2.18. The van der Waals surface area contributed by atoms with Gasteiger partial charge in [0.15, 0.2) is 0 Å². The highest BCUT2D eigenvalue weighted by atomic mass is 79.9. The summed E-state index contributed by atoms with van der Waals surface area (Å²) in [6.45, 7) is 1.79. The number of halogens is 1. The fourth-order valence-electron chi connectivity index (χ4n) is 2.01. The summed E-state index contributed by atoms with van der Waals surface area (Å²) < 4.78 is 3.33. The molecule has 3 nitrogen and oxygen atoms in total. The molecular formula is C14H16BrN3. The van der Waals surface area contributed by atoms with Crippen LogP contribution < -0.4 is 5.32 Å². The van der Waals surface area contributed by atoms with Crippen molar-refractivity contribution < 1.29 is 0 Å². The van der Waals surface area contributed by atoms with Gasteiger partial charge in [0.05, 0.1) is 12.0 Å². The Kier molecular flexibility index (Phi) is 3.48. The summed E-state index contributed by atoms with van der Waals surface area (Å²) in [5.41, 5.74) is 2.54. The van der Waals surface area contributed by atoms with Gasteiger partial charge in [-0.15, -0.1) is 0 Å². The van der Waals surface area contributed by atoms with E-state index in [0.717, 1.165) is 23.6 Å². The smallest absolute Gasteiger partial charge is 0.0951 e. The van der Waals surface area contributed by atoms with Crippen molar-refractivity contribution in [2.24, 2.45) is 0 Å². The molecule has 1 fully saturated rings. The molecule has 1 aromatic carbocycles. The molecule has 1 aromatic heterocycles. The van der Waals surface area contributed by atoms with Crippen LogP contribution in [-0.4, -0.2) is 15.6 Å². The van der Waals surface area contributed by atoms with Crippen molar-refractivity contribution in [3.63, 3.8) is 0 Å². The van der Waals surface area contributed by atoms with E-state index in [-0.39, 0.29) is 0 Å². The molecule has 4 heteroatoms. The third kappa shape index (κ3) is 3.00. The summed E-state index contributed by atoms with van der Waals surface area (Å²) >= 11 is 3.51. The fraction of sp³-hybridized carbons (Fsp3) is 0.357. The van der Waals surface area contributed by atoms with Crippen molar-refractivity contribution >= 4 is 15.9 Å². The second-order valence-electron chi connectivity index (χ2n) is 4.80. The van der Waals surface area contributed by atoms with Gasteiger partial charge in [0, 0.05) is 29.8 Å². The number of imidazole rings is 1. The average molecular weight is 306 g/mol. The van der Waals surface area contributed by atoms with Gasteiger partial charge in [-0.2, -0.15) is 0 Å². The van der Waals surface area contributed by atoms with E-state index < -0.39 is 0 Å². The largest absolute Gasteiger partial charge is 0.329 e. The Morgan fingerprint density at radius 3 is 3.06 bits per heavy atom. The summed E-state index contributed by atoms with van der Waals surface area (Å²) in [4.78, 5) is 4.25. The molecule has 1 heterocycles. The highest BCUT2D eigenvalue weighted by molar-refractivity contribution is 9.10. The van der Waals surface area contributed by atoms with Crippen LogP contribution in [0.2, 0.25) is 0 Å². The molecule has 18 heavy (non-hydrogen) atoms. The predicted octanol–water partition coefficient (Wildman–Crippen LogP) is 2.95. The minimum Gasteiger partial charge on any atom is -0.329 e. The molecule has 2 aromatic rings. The zero-order valence-corrected chi connectivity index (χ0v) is 11.7. The van der Waals surface area contributed by atoms with Crippen molar-refractivity contribution in [3.8, 4) is 0 Å². The Balaban J connectivity index is 1.69. The van der Waals surface area contributed by atoms with Gasteiger partial charge in [-0.3, -0.25) is 0 Å². The van der Waals surface area contributed by atoms with Gasteiger partial charge in [-0.05, 0) is 30.5 Å². The Morgan fingerprint density at radius 1 is 1.39 bits per heavy atom. The SMILES string of the molecule is Brc1cccc(Cn2cncc2CNC2CC2)c1. The monoisotopic (exact) mass is 305 g/mol. The summed E-state index contributed by atoms with van der Waals surface area (Å²) in [5.74, 6) is 0. The van der Waals surface area contributed by atoms with E-state index >= 15 is 0 Å². The fourth-order valence-corrected chi connectivity index (χ4v) is 2.45. The normalized spacial score (nSPS) is 14.9. The molecule has 1 aliphatic carbocycles. The lowest BCUT2D eigenvalue weighted by atomic mass is 10.2. The maximum atomic E-state index is 4.25. The van der Waals surface area contributed by atoms with E-state index in [1.807, 2.05) is 18.6 Å². The molecule has 0 spiro atoms. The molecule has 0 radical (unpaired) electrons. The van der Waals surface area contributed by atoms with Gasteiger partial charge in [0.1, 0.15) is 0 Å². The summed E-state index contributed by atoms with van der Waals surface area (Å²) in [6.07, 6.45) is 6.50. The van der Waals surface area contributed by atoms with Crippen molar-refractivity contribution in [2.75, 3.05) is 0 Å². The average Bonchev–Trinajstić information content (AvgIpc) is 3.08. The molecule has 94 valence electrons. The highest BCUT2D eigenvalue weighted by Gasteiger charge is 2.20. The molecule has 1 aliphatic rings. The van der Waals surface area contributed by atoms with Crippen LogP contribution >= 0.6 is 15.9 Å². The number of rotatable bonds is 5. The summed E-state index contributed by atoms with van der Waals surface area (Å²) in [5, 5.41) is 3.53. The maximum absolute atomic E-state index is 4.25. The van der Waals surface area contributed by atoms with E-state index in [2.05, 4.69) is 49.0 Å². The van der Waals surface area contributed by atoms with Gasteiger partial charge < -0.3 is 9.88 Å². The second kappa shape index (κ2) is 5.24. The first-order valence-corrected chi connectivity index (χ1v) is 7.07.